The average molecular weight is 422 g/mol. The van der Waals surface area contributed by atoms with E-state index in [1.165, 1.54) is 16.4 Å². The maximum atomic E-state index is 13.9. The molecule has 0 aliphatic carbocycles. The Morgan fingerprint density at radius 1 is 1.21 bits per heavy atom. The van der Waals surface area contributed by atoms with E-state index < -0.39 is 21.9 Å². The van der Waals surface area contributed by atoms with Crippen LogP contribution in [0.25, 0.3) is 11.4 Å². The van der Waals surface area contributed by atoms with Crippen molar-refractivity contribution >= 4 is 21.6 Å². The van der Waals surface area contributed by atoms with Gasteiger partial charge in [-0.05, 0) is 61.7 Å². The average Bonchev–Trinajstić information content (AvgIpc) is 3.33. The van der Waals surface area contributed by atoms with Crippen molar-refractivity contribution in [3.05, 3.63) is 64.8 Å². The summed E-state index contributed by atoms with van der Waals surface area (Å²) >= 11 is 5.89. The van der Waals surface area contributed by atoms with Crippen molar-refractivity contribution in [2.75, 3.05) is 6.54 Å². The van der Waals surface area contributed by atoms with Crippen molar-refractivity contribution in [1.82, 2.24) is 14.4 Å². The highest BCUT2D eigenvalue weighted by Crippen LogP contribution is 2.36. The smallest absolute Gasteiger partial charge is 0.245 e. The number of nitrogens with zero attached hydrogens (tertiary/aromatic N) is 3. The molecule has 1 atom stereocenters. The standard InChI is InChI=1S/C19H17ClFN3O3S/c1-12-4-9-15(11-16(12)21)28(25,26)24-10-2-3-17(24)19-22-18(23-27-19)13-5-7-14(20)8-6-13/h4-9,11,17H,2-3,10H2,1H3/t17-/m0/s1. The molecule has 9 heteroatoms. The molecule has 0 bridgehead atoms. The van der Waals surface area contributed by atoms with E-state index in [0.717, 1.165) is 6.07 Å². The van der Waals surface area contributed by atoms with Crippen LogP contribution >= 0.6 is 11.6 Å². The van der Waals surface area contributed by atoms with Crippen LogP contribution in [0.3, 0.4) is 0 Å². The second kappa shape index (κ2) is 7.27. The van der Waals surface area contributed by atoms with E-state index in [0.29, 0.717) is 41.4 Å². The zero-order valence-corrected chi connectivity index (χ0v) is 16.5. The van der Waals surface area contributed by atoms with Gasteiger partial charge in [0.25, 0.3) is 0 Å². The number of hydrogen-bond donors (Lipinski definition) is 0. The minimum atomic E-state index is -3.89. The summed E-state index contributed by atoms with van der Waals surface area (Å²) in [7, 11) is -3.89. The first-order chi connectivity index (χ1) is 13.4. The molecule has 0 saturated carbocycles. The summed E-state index contributed by atoms with van der Waals surface area (Å²) in [4.78, 5) is 4.30. The van der Waals surface area contributed by atoms with E-state index in [2.05, 4.69) is 10.1 Å². The zero-order chi connectivity index (χ0) is 19.9. The summed E-state index contributed by atoms with van der Waals surface area (Å²) in [6.45, 7) is 1.89. The van der Waals surface area contributed by atoms with E-state index >= 15 is 0 Å². The molecular weight excluding hydrogens is 405 g/mol. The van der Waals surface area contributed by atoms with E-state index in [1.54, 1.807) is 31.2 Å². The lowest BCUT2D eigenvalue weighted by Crippen LogP contribution is -2.31. The number of aryl methyl sites for hydroxylation is 1. The van der Waals surface area contributed by atoms with Gasteiger partial charge in [-0.2, -0.15) is 9.29 Å². The predicted molar refractivity (Wildman–Crippen MR) is 102 cm³/mol. The molecule has 1 aliphatic rings. The van der Waals surface area contributed by atoms with Crippen molar-refractivity contribution in [3.63, 3.8) is 0 Å². The highest BCUT2D eigenvalue weighted by atomic mass is 35.5. The van der Waals surface area contributed by atoms with Crippen LogP contribution in [0.1, 0.15) is 30.3 Å². The van der Waals surface area contributed by atoms with Gasteiger partial charge < -0.3 is 4.52 Å². The Labute approximate surface area is 167 Å². The monoisotopic (exact) mass is 421 g/mol. The lowest BCUT2D eigenvalue weighted by Gasteiger charge is -2.21. The zero-order valence-electron chi connectivity index (χ0n) is 15.0. The van der Waals surface area contributed by atoms with E-state index in [-0.39, 0.29) is 10.8 Å². The van der Waals surface area contributed by atoms with Gasteiger partial charge in [0.1, 0.15) is 11.9 Å². The summed E-state index contributed by atoms with van der Waals surface area (Å²) in [5.74, 6) is 0.0236. The van der Waals surface area contributed by atoms with Crippen LogP contribution in [0.15, 0.2) is 51.9 Å². The minimum absolute atomic E-state index is 0.0834. The molecule has 0 spiro atoms. The molecule has 0 radical (unpaired) electrons. The summed E-state index contributed by atoms with van der Waals surface area (Å²) in [5.41, 5.74) is 1.11. The lowest BCUT2D eigenvalue weighted by molar-refractivity contribution is 0.290. The van der Waals surface area contributed by atoms with Crippen LogP contribution < -0.4 is 0 Å². The predicted octanol–water partition coefficient (Wildman–Crippen LogP) is 4.36. The Hall–Kier alpha value is -2.29. The molecule has 3 aromatic rings. The quantitative estimate of drug-likeness (QED) is 0.625. The number of aromatic nitrogens is 2. The molecule has 2 heterocycles. The maximum Gasteiger partial charge on any atom is 0.245 e. The lowest BCUT2D eigenvalue weighted by atomic mass is 10.2. The highest BCUT2D eigenvalue weighted by molar-refractivity contribution is 7.89. The molecule has 28 heavy (non-hydrogen) atoms. The number of hydrogen-bond acceptors (Lipinski definition) is 5. The summed E-state index contributed by atoms with van der Waals surface area (Å²) in [5, 5.41) is 4.55. The Morgan fingerprint density at radius 3 is 2.68 bits per heavy atom. The molecule has 1 aliphatic heterocycles. The summed E-state index contributed by atoms with van der Waals surface area (Å²) in [6.07, 6.45) is 1.20. The first-order valence-corrected chi connectivity index (χ1v) is 10.6. The van der Waals surface area contributed by atoms with Crippen LogP contribution in [0, 0.1) is 12.7 Å². The second-order valence-electron chi connectivity index (χ2n) is 6.65. The van der Waals surface area contributed by atoms with Gasteiger partial charge in [0.2, 0.25) is 21.7 Å². The number of halogens is 2. The van der Waals surface area contributed by atoms with Gasteiger partial charge >= 0.3 is 0 Å². The first kappa shape index (κ1) is 19.0. The number of benzene rings is 2. The molecule has 0 amide bonds. The van der Waals surface area contributed by atoms with Gasteiger partial charge in [-0.1, -0.05) is 22.8 Å². The van der Waals surface area contributed by atoms with E-state index in [9.17, 15) is 12.8 Å². The molecule has 1 aromatic heterocycles. The van der Waals surface area contributed by atoms with Crippen LogP contribution in [0.5, 0.6) is 0 Å². The van der Waals surface area contributed by atoms with Crippen molar-refractivity contribution < 1.29 is 17.3 Å². The third-order valence-electron chi connectivity index (χ3n) is 4.78. The maximum absolute atomic E-state index is 13.9. The summed E-state index contributed by atoms with van der Waals surface area (Å²) < 4.78 is 46.7. The van der Waals surface area contributed by atoms with Gasteiger partial charge in [-0.3, -0.25) is 0 Å². The third kappa shape index (κ3) is 3.43. The largest absolute Gasteiger partial charge is 0.337 e. The molecule has 6 nitrogen and oxygen atoms in total. The van der Waals surface area contributed by atoms with Crippen LogP contribution in [-0.4, -0.2) is 29.4 Å². The van der Waals surface area contributed by atoms with Crippen molar-refractivity contribution in [2.24, 2.45) is 0 Å². The Balaban J connectivity index is 1.65. The Bertz CT molecular complexity index is 1120. The second-order valence-corrected chi connectivity index (χ2v) is 8.97. The Morgan fingerprint density at radius 2 is 1.96 bits per heavy atom. The summed E-state index contributed by atoms with van der Waals surface area (Å²) in [6, 6.07) is 10.3. The van der Waals surface area contributed by atoms with Crippen LogP contribution in [0.4, 0.5) is 4.39 Å². The highest BCUT2D eigenvalue weighted by Gasteiger charge is 2.39. The van der Waals surface area contributed by atoms with Gasteiger partial charge in [0.05, 0.1) is 4.90 Å². The van der Waals surface area contributed by atoms with Crippen molar-refractivity contribution in [3.8, 4) is 11.4 Å². The van der Waals surface area contributed by atoms with E-state index in [4.69, 9.17) is 16.1 Å². The van der Waals surface area contributed by atoms with Gasteiger partial charge in [0, 0.05) is 17.1 Å². The van der Waals surface area contributed by atoms with Gasteiger partial charge in [-0.25, -0.2) is 12.8 Å². The molecular formula is C19H17ClFN3O3S. The fraction of sp³-hybridized carbons (Fsp3) is 0.263. The van der Waals surface area contributed by atoms with E-state index in [1.807, 2.05) is 0 Å². The molecule has 4 rings (SSSR count). The van der Waals surface area contributed by atoms with Crippen molar-refractivity contribution in [1.29, 1.82) is 0 Å². The fourth-order valence-corrected chi connectivity index (χ4v) is 5.02. The normalized spacial score (nSPS) is 17.9. The number of rotatable bonds is 4. The molecule has 1 saturated heterocycles. The molecule has 146 valence electrons. The van der Waals surface area contributed by atoms with Crippen LogP contribution in [0.2, 0.25) is 5.02 Å². The molecule has 2 aromatic carbocycles. The fourth-order valence-electron chi connectivity index (χ4n) is 3.23. The van der Waals surface area contributed by atoms with Gasteiger partial charge in [-0.15, -0.1) is 0 Å². The SMILES string of the molecule is Cc1ccc(S(=O)(=O)N2CCC[C@H]2c2nc(-c3ccc(Cl)cc3)no2)cc1F. The van der Waals surface area contributed by atoms with Crippen LogP contribution in [-0.2, 0) is 10.0 Å². The third-order valence-corrected chi connectivity index (χ3v) is 6.94. The first-order valence-electron chi connectivity index (χ1n) is 8.74. The van der Waals surface area contributed by atoms with Gasteiger partial charge in [0.15, 0.2) is 0 Å². The van der Waals surface area contributed by atoms with Crippen molar-refractivity contribution in [2.45, 2.75) is 30.7 Å². The molecule has 1 fully saturated rings. The molecule has 0 N–H and O–H groups in total. The Kier molecular flexibility index (Phi) is 4.95. The number of sulfonamides is 1. The minimum Gasteiger partial charge on any atom is -0.337 e. The topological polar surface area (TPSA) is 76.3 Å². The molecule has 0 unspecified atom stereocenters.